The van der Waals surface area contributed by atoms with Gasteiger partial charge in [0.05, 0.1) is 12.8 Å². The monoisotopic (exact) mass is 295 g/mol. The summed E-state index contributed by atoms with van der Waals surface area (Å²) in [5.74, 6) is 1.12. The summed E-state index contributed by atoms with van der Waals surface area (Å²) in [4.78, 5) is 6.42. The molecule has 1 fully saturated rings. The second-order valence-electron chi connectivity index (χ2n) is 5.78. The van der Waals surface area contributed by atoms with E-state index in [1.165, 1.54) is 12.6 Å². The normalized spacial score (nSPS) is 18.7. The molecule has 1 unspecified atom stereocenters. The van der Waals surface area contributed by atoms with E-state index in [2.05, 4.69) is 22.1 Å². The first kappa shape index (κ1) is 16.2. The fourth-order valence-corrected chi connectivity index (χ4v) is 2.77. The van der Waals surface area contributed by atoms with Crippen molar-refractivity contribution in [2.75, 3.05) is 38.3 Å². The smallest absolute Gasteiger partial charge is 0.141 e. The van der Waals surface area contributed by atoms with Crippen LogP contribution in [0.15, 0.2) is 12.3 Å². The number of hydrogen-bond donors (Lipinski definition) is 1. The molecule has 0 bridgehead atoms. The molecule has 0 aliphatic carbocycles. The molecule has 1 aliphatic rings. The number of rotatable bonds is 7. The molecule has 1 atom stereocenters. The molecule has 0 aromatic carbocycles. The fourth-order valence-electron chi connectivity index (χ4n) is 2.77. The van der Waals surface area contributed by atoms with Gasteiger partial charge in [-0.3, -0.25) is 0 Å². The van der Waals surface area contributed by atoms with Crippen molar-refractivity contribution in [1.29, 1.82) is 0 Å². The molecular weight excluding hydrogens is 269 g/mol. The van der Waals surface area contributed by atoms with Crippen molar-refractivity contribution in [3.8, 4) is 0 Å². The lowest BCUT2D eigenvalue weighted by Gasteiger charge is -2.29. The first-order valence-corrected chi connectivity index (χ1v) is 7.84. The molecule has 2 rings (SSSR count). The molecular formula is C16H26FN3O. The summed E-state index contributed by atoms with van der Waals surface area (Å²) in [6, 6.07) is 1.58. The molecule has 1 aliphatic heterocycles. The van der Waals surface area contributed by atoms with Crippen molar-refractivity contribution in [3.05, 3.63) is 23.6 Å². The molecule has 4 nitrogen and oxygen atoms in total. The molecule has 1 aromatic heterocycles. The standard InChI is InChI=1S/C16H26FN3O/c1-3-6-18-9-14-8-15(17)10-19-16(14)20(2)11-13-5-4-7-21-12-13/h8,10,13,18H,3-7,9,11-12H2,1-2H3. The van der Waals surface area contributed by atoms with Gasteiger partial charge in [0.2, 0.25) is 0 Å². The van der Waals surface area contributed by atoms with E-state index in [0.29, 0.717) is 12.5 Å². The largest absolute Gasteiger partial charge is 0.381 e. The third-order valence-electron chi connectivity index (χ3n) is 3.80. The topological polar surface area (TPSA) is 37.4 Å². The van der Waals surface area contributed by atoms with E-state index in [-0.39, 0.29) is 5.82 Å². The first-order valence-electron chi connectivity index (χ1n) is 7.84. The third-order valence-corrected chi connectivity index (χ3v) is 3.80. The lowest BCUT2D eigenvalue weighted by Crippen LogP contribution is -2.32. The molecule has 1 saturated heterocycles. The van der Waals surface area contributed by atoms with Crippen LogP contribution >= 0.6 is 0 Å². The summed E-state index contributed by atoms with van der Waals surface area (Å²) in [6.45, 7) is 6.29. The van der Waals surface area contributed by atoms with Crippen molar-refractivity contribution in [2.24, 2.45) is 5.92 Å². The summed E-state index contributed by atoms with van der Waals surface area (Å²) in [5.41, 5.74) is 0.919. The maximum Gasteiger partial charge on any atom is 0.141 e. The van der Waals surface area contributed by atoms with Crippen LogP contribution in [-0.2, 0) is 11.3 Å². The van der Waals surface area contributed by atoms with E-state index >= 15 is 0 Å². The van der Waals surface area contributed by atoms with E-state index in [1.54, 1.807) is 6.07 Å². The summed E-state index contributed by atoms with van der Waals surface area (Å²) < 4.78 is 19.0. The highest BCUT2D eigenvalue weighted by Gasteiger charge is 2.18. The van der Waals surface area contributed by atoms with E-state index < -0.39 is 0 Å². The van der Waals surface area contributed by atoms with Gasteiger partial charge >= 0.3 is 0 Å². The summed E-state index contributed by atoms with van der Waals surface area (Å²) in [6.07, 6.45) is 4.68. The number of aromatic nitrogens is 1. The second kappa shape index (κ2) is 8.29. The molecule has 0 saturated carbocycles. The number of ether oxygens (including phenoxy) is 1. The van der Waals surface area contributed by atoms with Crippen molar-refractivity contribution < 1.29 is 9.13 Å². The van der Waals surface area contributed by atoms with Gasteiger partial charge in [0, 0.05) is 32.3 Å². The average Bonchev–Trinajstić information content (AvgIpc) is 2.48. The van der Waals surface area contributed by atoms with Crippen LogP contribution in [-0.4, -0.2) is 38.3 Å². The Morgan fingerprint density at radius 1 is 1.52 bits per heavy atom. The molecule has 0 amide bonds. The Kier molecular flexibility index (Phi) is 6.39. The highest BCUT2D eigenvalue weighted by Crippen LogP contribution is 2.21. The fraction of sp³-hybridized carbons (Fsp3) is 0.688. The average molecular weight is 295 g/mol. The van der Waals surface area contributed by atoms with Gasteiger partial charge in [0.15, 0.2) is 0 Å². The molecule has 0 spiro atoms. The van der Waals surface area contributed by atoms with E-state index in [4.69, 9.17) is 4.74 Å². The molecule has 1 aromatic rings. The lowest BCUT2D eigenvalue weighted by molar-refractivity contribution is 0.0576. The van der Waals surface area contributed by atoms with Crippen molar-refractivity contribution in [2.45, 2.75) is 32.7 Å². The number of anilines is 1. The molecule has 1 N–H and O–H groups in total. The van der Waals surface area contributed by atoms with Gasteiger partial charge in [0.25, 0.3) is 0 Å². The third kappa shape index (κ3) is 4.93. The Labute approximate surface area is 126 Å². The van der Waals surface area contributed by atoms with Crippen LogP contribution in [0.3, 0.4) is 0 Å². The SMILES string of the molecule is CCCNCc1cc(F)cnc1N(C)CC1CCCOC1. The van der Waals surface area contributed by atoms with Gasteiger partial charge in [-0.2, -0.15) is 0 Å². The zero-order chi connectivity index (χ0) is 15.1. The first-order chi connectivity index (χ1) is 10.2. The molecule has 0 radical (unpaired) electrons. The van der Waals surface area contributed by atoms with E-state index in [1.807, 2.05) is 7.05 Å². The highest BCUT2D eigenvalue weighted by molar-refractivity contribution is 5.46. The van der Waals surface area contributed by atoms with Gasteiger partial charge in [-0.15, -0.1) is 0 Å². The van der Waals surface area contributed by atoms with Crippen LogP contribution in [0, 0.1) is 11.7 Å². The number of hydrogen-bond acceptors (Lipinski definition) is 4. The Morgan fingerprint density at radius 2 is 2.38 bits per heavy atom. The number of halogens is 1. The van der Waals surface area contributed by atoms with Crippen molar-refractivity contribution in [3.63, 3.8) is 0 Å². The molecule has 118 valence electrons. The van der Waals surface area contributed by atoms with Crippen LogP contribution in [0.2, 0.25) is 0 Å². The number of nitrogens with one attached hydrogen (secondary N) is 1. The highest BCUT2D eigenvalue weighted by atomic mass is 19.1. The predicted octanol–water partition coefficient (Wildman–Crippen LogP) is 2.58. The van der Waals surface area contributed by atoms with Crippen LogP contribution in [0.4, 0.5) is 10.2 Å². The summed E-state index contributed by atoms with van der Waals surface area (Å²) in [7, 11) is 2.03. The Morgan fingerprint density at radius 3 is 3.10 bits per heavy atom. The summed E-state index contributed by atoms with van der Waals surface area (Å²) in [5, 5.41) is 3.32. The van der Waals surface area contributed by atoms with Gasteiger partial charge in [-0.25, -0.2) is 9.37 Å². The van der Waals surface area contributed by atoms with Crippen LogP contribution < -0.4 is 10.2 Å². The van der Waals surface area contributed by atoms with Gasteiger partial charge in [-0.05, 0) is 37.8 Å². The molecule has 21 heavy (non-hydrogen) atoms. The van der Waals surface area contributed by atoms with E-state index in [9.17, 15) is 4.39 Å². The van der Waals surface area contributed by atoms with Gasteiger partial charge in [0.1, 0.15) is 11.6 Å². The Hall–Kier alpha value is -1.20. The Bertz CT molecular complexity index is 436. The predicted molar refractivity (Wildman–Crippen MR) is 83.0 cm³/mol. The number of pyridine rings is 1. The lowest BCUT2D eigenvalue weighted by atomic mass is 10.0. The zero-order valence-corrected chi connectivity index (χ0v) is 13.1. The van der Waals surface area contributed by atoms with E-state index in [0.717, 1.165) is 50.5 Å². The minimum absolute atomic E-state index is 0.276. The molecule has 5 heteroatoms. The summed E-state index contributed by atoms with van der Waals surface area (Å²) >= 11 is 0. The van der Waals surface area contributed by atoms with Gasteiger partial charge < -0.3 is 15.0 Å². The quantitative estimate of drug-likeness (QED) is 0.785. The second-order valence-corrected chi connectivity index (χ2v) is 5.78. The van der Waals surface area contributed by atoms with Gasteiger partial charge in [-0.1, -0.05) is 6.92 Å². The van der Waals surface area contributed by atoms with Crippen LogP contribution in [0.25, 0.3) is 0 Å². The molecule has 2 heterocycles. The van der Waals surface area contributed by atoms with Crippen LogP contribution in [0.1, 0.15) is 31.7 Å². The van der Waals surface area contributed by atoms with Crippen molar-refractivity contribution in [1.82, 2.24) is 10.3 Å². The minimum Gasteiger partial charge on any atom is -0.381 e. The number of nitrogens with zero attached hydrogens (tertiary/aromatic N) is 2. The zero-order valence-electron chi connectivity index (χ0n) is 13.1. The maximum atomic E-state index is 13.4. The van der Waals surface area contributed by atoms with Crippen LogP contribution in [0.5, 0.6) is 0 Å². The minimum atomic E-state index is -0.276. The Balaban J connectivity index is 2.01. The van der Waals surface area contributed by atoms with Crippen molar-refractivity contribution >= 4 is 5.82 Å². The maximum absolute atomic E-state index is 13.4.